The van der Waals surface area contributed by atoms with Gasteiger partial charge in [-0.2, -0.15) is 0 Å². The summed E-state index contributed by atoms with van der Waals surface area (Å²) in [5.74, 6) is 0.661. The van der Waals surface area contributed by atoms with Gasteiger partial charge in [0.25, 0.3) is 0 Å². The first-order valence-corrected chi connectivity index (χ1v) is 4.90. The van der Waals surface area contributed by atoms with Gasteiger partial charge in [-0.3, -0.25) is 0 Å². The van der Waals surface area contributed by atoms with Crippen molar-refractivity contribution in [1.82, 2.24) is 0 Å². The zero-order valence-corrected chi connectivity index (χ0v) is 7.58. The van der Waals surface area contributed by atoms with Crippen LogP contribution < -0.4 is 0 Å². The summed E-state index contributed by atoms with van der Waals surface area (Å²) in [7, 11) is 0. The first-order valence-electron chi connectivity index (χ1n) is 4.90. The molecule has 0 spiro atoms. The largest absolute Gasteiger partial charge is 0.358 e. The van der Waals surface area contributed by atoms with Gasteiger partial charge in [-0.05, 0) is 25.7 Å². The van der Waals surface area contributed by atoms with Gasteiger partial charge in [0.05, 0.1) is 6.10 Å². The van der Waals surface area contributed by atoms with Crippen molar-refractivity contribution in [2.45, 2.75) is 50.7 Å². The first-order chi connectivity index (χ1) is 5.76. The van der Waals surface area contributed by atoms with E-state index >= 15 is 0 Å². The summed E-state index contributed by atoms with van der Waals surface area (Å²) in [6, 6.07) is 0. The highest BCUT2D eigenvalue weighted by Gasteiger charge is 2.55. The molecule has 0 N–H and O–H groups in total. The molecule has 12 heavy (non-hydrogen) atoms. The van der Waals surface area contributed by atoms with E-state index in [2.05, 4.69) is 0 Å². The lowest BCUT2D eigenvalue weighted by atomic mass is 9.83. The minimum atomic E-state index is -0.415. The fourth-order valence-corrected chi connectivity index (χ4v) is 2.34. The van der Waals surface area contributed by atoms with Gasteiger partial charge in [0.2, 0.25) is 0 Å². The number of ether oxygens (including phenoxy) is 1. The zero-order valence-electron chi connectivity index (χ0n) is 7.58. The van der Waals surface area contributed by atoms with Crippen LogP contribution >= 0.6 is 0 Å². The Bertz CT molecular complexity index is 184. The summed E-state index contributed by atoms with van der Waals surface area (Å²) in [6.07, 6.45) is 7.73. The van der Waals surface area contributed by atoms with E-state index in [0.717, 1.165) is 6.29 Å². The number of hydrogen-bond acceptors (Lipinski definition) is 2. The van der Waals surface area contributed by atoms with Crippen LogP contribution in [0.5, 0.6) is 0 Å². The summed E-state index contributed by atoms with van der Waals surface area (Å²) in [5.41, 5.74) is -0.415. The van der Waals surface area contributed by atoms with E-state index in [9.17, 15) is 4.79 Å². The summed E-state index contributed by atoms with van der Waals surface area (Å²) < 4.78 is 5.43. The van der Waals surface area contributed by atoms with E-state index in [0.29, 0.717) is 5.92 Å². The van der Waals surface area contributed by atoms with Crippen LogP contribution in [0.1, 0.15) is 39.0 Å². The van der Waals surface area contributed by atoms with Gasteiger partial charge in [0.15, 0.2) is 6.29 Å². The van der Waals surface area contributed by atoms with Crippen molar-refractivity contribution in [2.75, 3.05) is 0 Å². The first kappa shape index (κ1) is 8.24. The van der Waals surface area contributed by atoms with E-state index in [1.54, 1.807) is 0 Å². The highest BCUT2D eigenvalue weighted by molar-refractivity contribution is 5.67. The van der Waals surface area contributed by atoms with Crippen LogP contribution in [0.3, 0.4) is 0 Å². The Morgan fingerprint density at radius 2 is 2.00 bits per heavy atom. The molecule has 0 aromatic rings. The highest BCUT2D eigenvalue weighted by Crippen LogP contribution is 2.44. The average Bonchev–Trinajstić information content (AvgIpc) is 2.81. The minimum absolute atomic E-state index is 0.246. The molecule has 2 nitrogen and oxygen atoms in total. The molecule has 1 aliphatic heterocycles. The molecular formula is C10H16O2. The Kier molecular flexibility index (Phi) is 1.95. The lowest BCUT2D eigenvalue weighted by Gasteiger charge is -2.19. The second-order valence-electron chi connectivity index (χ2n) is 4.24. The summed E-state index contributed by atoms with van der Waals surface area (Å²) in [5, 5.41) is 0. The van der Waals surface area contributed by atoms with Crippen molar-refractivity contribution in [3.63, 3.8) is 0 Å². The van der Waals surface area contributed by atoms with Crippen LogP contribution in [0.4, 0.5) is 0 Å². The molecule has 1 heterocycles. The van der Waals surface area contributed by atoms with E-state index in [1.807, 2.05) is 6.92 Å². The molecule has 68 valence electrons. The number of hydrogen-bond donors (Lipinski definition) is 0. The average molecular weight is 168 g/mol. The molecule has 2 atom stereocenters. The van der Waals surface area contributed by atoms with Gasteiger partial charge in [0, 0.05) is 0 Å². The molecule has 0 aromatic carbocycles. The predicted octanol–water partition coefficient (Wildman–Crippen LogP) is 1.92. The monoisotopic (exact) mass is 168 g/mol. The third-order valence-corrected chi connectivity index (χ3v) is 3.20. The van der Waals surface area contributed by atoms with Crippen LogP contribution in [0.15, 0.2) is 0 Å². The van der Waals surface area contributed by atoms with Crippen LogP contribution in [-0.4, -0.2) is 18.0 Å². The number of rotatable bonds is 2. The third-order valence-electron chi connectivity index (χ3n) is 3.20. The topological polar surface area (TPSA) is 29.6 Å². The van der Waals surface area contributed by atoms with Crippen molar-refractivity contribution in [3.8, 4) is 0 Å². The van der Waals surface area contributed by atoms with Gasteiger partial charge in [0.1, 0.15) is 5.60 Å². The Balaban J connectivity index is 1.90. The molecule has 0 aromatic heterocycles. The predicted molar refractivity (Wildman–Crippen MR) is 45.9 cm³/mol. The Morgan fingerprint density at radius 3 is 2.50 bits per heavy atom. The SMILES string of the molecule is C[C@]1(C=O)O[C@H]1C1CCCCC1. The van der Waals surface area contributed by atoms with Crippen molar-refractivity contribution in [3.05, 3.63) is 0 Å². The second kappa shape index (κ2) is 2.84. The third kappa shape index (κ3) is 1.28. The van der Waals surface area contributed by atoms with E-state index < -0.39 is 5.60 Å². The molecule has 1 saturated carbocycles. The van der Waals surface area contributed by atoms with Crippen LogP contribution in [0, 0.1) is 5.92 Å². The maximum atomic E-state index is 10.6. The lowest BCUT2D eigenvalue weighted by Crippen LogP contribution is -2.20. The number of carbonyl (C=O) groups excluding carboxylic acids is 1. The van der Waals surface area contributed by atoms with Crippen molar-refractivity contribution < 1.29 is 9.53 Å². The Labute approximate surface area is 73.3 Å². The summed E-state index contributed by atoms with van der Waals surface area (Å²) >= 11 is 0. The van der Waals surface area contributed by atoms with Crippen molar-refractivity contribution in [2.24, 2.45) is 5.92 Å². The van der Waals surface area contributed by atoms with Gasteiger partial charge in [-0.1, -0.05) is 19.3 Å². The molecule has 0 unspecified atom stereocenters. The molecular weight excluding hydrogens is 152 g/mol. The summed E-state index contributed by atoms with van der Waals surface area (Å²) in [6.45, 7) is 1.90. The molecule has 0 amide bonds. The fraction of sp³-hybridized carbons (Fsp3) is 0.900. The quantitative estimate of drug-likeness (QED) is 0.465. The van der Waals surface area contributed by atoms with Crippen molar-refractivity contribution >= 4 is 6.29 Å². The molecule has 2 rings (SSSR count). The molecule has 0 radical (unpaired) electrons. The zero-order chi connectivity index (χ0) is 8.60. The molecule has 1 saturated heterocycles. The second-order valence-corrected chi connectivity index (χ2v) is 4.24. The number of aldehydes is 1. The Hall–Kier alpha value is -0.370. The molecule has 2 fully saturated rings. The van der Waals surface area contributed by atoms with E-state index in [1.165, 1.54) is 32.1 Å². The van der Waals surface area contributed by atoms with Crippen LogP contribution in [-0.2, 0) is 9.53 Å². The summed E-state index contributed by atoms with van der Waals surface area (Å²) in [4.78, 5) is 10.6. The fourth-order valence-electron chi connectivity index (χ4n) is 2.34. The molecule has 1 aliphatic carbocycles. The van der Waals surface area contributed by atoms with Gasteiger partial charge >= 0.3 is 0 Å². The normalized spacial score (nSPS) is 42.6. The van der Waals surface area contributed by atoms with Crippen molar-refractivity contribution in [1.29, 1.82) is 0 Å². The van der Waals surface area contributed by atoms with Gasteiger partial charge < -0.3 is 9.53 Å². The van der Waals surface area contributed by atoms with Gasteiger partial charge in [-0.15, -0.1) is 0 Å². The Morgan fingerprint density at radius 1 is 1.33 bits per heavy atom. The lowest BCUT2D eigenvalue weighted by molar-refractivity contribution is -0.111. The molecule has 0 bridgehead atoms. The maximum Gasteiger partial charge on any atom is 0.154 e. The van der Waals surface area contributed by atoms with Gasteiger partial charge in [-0.25, -0.2) is 0 Å². The maximum absolute atomic E-state index is 10.6. The minimum Gasteiger partial charge on any atom is -0.358 e. The van der Waals surface area contributed by atoms with E-state index in [-0.39, 0.29) is 6.10 Å². The standard InChI is InChI=1S/C10H16O2/c1-10(7-11)9(12-10)8-5-3-2-4-6-8/h7-9H,2-6H2,1H3/t9-,10+/m0/s1. The number of epoxide rings is 1. The molecule has 2 heteroatoms. The smallest absolute Gasteiger partial charge is 0.154 e. The number of carbonyl (C=O) groups is 1. The van der Waals surface area contributed by atoms with E-state index in [4.69, 9.17) is 4.74 Å². The highest BCUT2D eigenvalue weighted by atomic mass is 16.6. The van der Waals surface area contributed by atoms with Crippen LogP contribution in [0.2, 0.25) is 0 Å². The van der Waals surface area contributed by atoms with Crippen LogP contribution in [0.25, 0.3) is 0 Å². The molecule has 2 aliphatic rings.